The first-order valence-corrected chi connectivity index (χ1v) is 5.75. The maximum absolute atomic E-state index is 11.6. The van der Waals surface area contributed by atoms with E-state index in [2.05, 4.69) is 15.9 Å². The first-order valence-electron chi connectivity index (χ1n) is 4.96. The molecule has 0 saturated carbocycles. The monoisotopic (exact) mass is 270 g/mol. The van der Waals surface area contributed by atoms with Gasteiger partial charge >= 0.3 is 5.97 Å². The number of halogens is 1. The van der Waals surface area contributed by atoms with E-state index in [-0.39, 0.29) is 5.97 Å². The second kappa shape index (κ2) is 5.31. The zero-order valence-corrected chi connectivity index (χ0v) is 10.6. The third-order valence-electron chi connectivity index (χ3n) is 2.08. The van der Waals surface area contributed by atoms with E-state index in [4.69, 9.17) is 4.74 Å². The molecule has 0 aliphatic rings. The fourth-order valence-electron chi connectivity index (χ4n) is 1.33. The average Bonchev–Trinajstić information content (AvgIpc) is 2.19. The largest absolute Gasteiger partial charge is 0.465 e. The Balaban J connectivity index is 2.68. The fourth-order valence-corrected chi connectivity index (χ4v) is 1.77. The summed E-state index contributed by atoms with van der Waals surface area (Å²) in [6.07, 6.45) is 0.632. The molecule has 0 bridgehead atoms. The molecule has 2 nitrogen and oxygen atoms in total. The molecule has 0 saturated heterocycles. The van der Waals surface area contributed by atoms with E-state index in [1.807, 2.05) is 44.2 Å². The minimum absolute atomic E-state index is 0.214. The Labute approximate surface area is 98.8 Å². The van der Waals surface area contributed by atoms with Gasteiger partial charge in [0.05, 0.1) is 6.61 Å². The number of esters is 1. The Kier molecular flexibility index (Phi) is 4.33. The average molecular weight is 271 g/mol. The lowest BCUT2D eigenvalue weighted by molar-refractivity contribution is -0.145. The van der Waals surface area contributed by atoms with E-state index in [0.29, 0.717) is 13.0 Å². The Hall–Kier alpha value is -0.830. The topological polar surface area (TPSA) is 26.3 Å². The molecule has 0 amide bonds. The molecule has 1 unspecified atom stereocenters. The smallest absolute Gasteiger partial charge is 0.322 e. The molecular formula is C12H15BrO2. The summed E-state index contributed by atoms with van der Waals surface area (Å²) in [4.78, 5) is 11.6. The van der Waals surface area contributed by atoms with E-state index in [1.165, 1.54) is 0 Å². The fraction of sp³-hybridized carbons (Fsp3) is 0.417. The van der Waals surface area contributed by atoms with Crippen LogP contribution in [0.5, 0.6) is 0 Å². The second-order valence-electron chi connectivity index (χ2n) is 3.58. The molecule has 0 aromatic heterocycles. The number of benzene rings is 1. The van der Waals surface area contributed by atoms with Crippen molar-refractivity contribution in [2.24, 2.45) is 0 Å². The molecule has 0 radical (unpaired) electrons. The van der Waals surface area contributed by atoms with Gasteiger partial charge in [0.25, 0.3) is 0 Å². The van der Waals surface area contributed by atoms with Crippen LogP contribution in [-0.2, 0) is 16.0 Å². The van der Waals surface area contributed by atoms with Gasteiger partial charge in [0, 0.05) is 0 Å². The Morgan fingerprint density at radius 2 is 2.00 bits per heavy atom. The van der Waals surface area contributed by atoms with Crippen molar-refractivity contribution in [1.82, 2.24) is 0 Å². The predicted molar refractivity (Wildman–Crippen MR) is 64.1 cm³/mol. The van der Waals surface area contributed by atoms with E-state index in [0.717, 1.165) is 5.56 Å². The Morgan fingerprint density at radius 1 is 1.40 bits per heavy atom. The number of hydrogen-bond acceptors (Lipinski definition) is 2. The molecule has 0 N–H and O–H groups in total. The lowest BCUT2D eigenvalue weighted by Crippen LogP contribution is -2.32. The van der Waals surface area contributed by atoms with Crippen LogP contribution >= 0.6 is 15.9 Å². The van der Waals surface area contributed by atoms with Gasteiger partial charge in [-0.05, 0) is 25.8 Å². The van der Waals surface area contributed by atoms with Gasteiger partial charge in [0.1, 0.15) is 4.32 Å². The summed E-state index contributed by atoms with van der Waals surface area (Å²) in [6, 6.07) is 9.88. The van der Waals surface area contributed by atoms with Gasteiger partial charge in [0.2, 0.25) is 0 Å². The molecule has 15 heavy (non-hydrogen) atoms. The molecule has 0 aliphatic carbocycles. The van der Waals surface area contributed by atoms with Crippen molar-refractivity contribution in [3.63, 3.8) is 0 Å². The third kappa shape index (κ3) is 3.67. The van der Waals surface area contributed by atoms with Crippen molar-refractivity contribution in [2.45, 2.75) is 24.6 Å². The van der Waals surface area contributed by atoms with Crippen molar-refractivity contribution >= 4 is 21.9 Å². The van der Waals surface area contributed by atoms with Gasteiger partial charge in [-0.3, -0.25) is 4.79 Å². The van der Waals surface area contributed by atoms with Gasteiger partial charge in [-0.15, -0.1) is 0 Å². The quantitative estimate of drug-likeness (QED) is 0.621. The number of hydrogen-bond donors (Lipinski definition) is 0. The molecule has 1 rings (SSSR count). The van der Waals surface area contributed by atoms with Crippen molar-refractivity contribution in [3.8, 4) is 0 Å². The highest BCUT2D eigenvalue weighted by molar-refractivity contribution is 9.10. The number of carbonyl (C=O) groups is 1. The highest BCUT2D eigenvalue weighted by atomic mass is 79.9. The van der Waals surface area contributed by atoms with Crippen molar-refractivity contribution in [2.75, 3.05) is 6.61 Å². The standard InChI is InChI=1S/C12H15BrO2/c1-3-15-11(14)12(2,13)9-10-7-5-4-6-8-10/h4-8H,3,9H2,1-2H3. The number of rotatable bonds is 4. The number of carbonyl (C=O) groups excluding carboxylic acids is 1. The minimum atomic E-state index is -0.635. The van der Waals surface area contributed by atoms with Crippen molar-refractivity contribution in [1.29, 1.82) is 0 Å². The van der Waals surface area contributed by atoms with Gasteiger partial charge < -0.3 is 4.74 Å². The van der Waals surface area contributed by atoms with E-state index in [9.17, 15) is 4.79 Å². The normalized spacial score (nSPS) is 14.3. The first kappa shape index (κ1) is 12.2. The van der Waals surface area contributed by atoms with Crippen LogP contribution in [0.4, 0.5) is 0 Å². The number of alkyl halides is 1. The van der Waals surface area contributed by atoms with Crippen LogP contribution in [0, 0.1) is 0 Å². The van der Waals surface area contributed by atoms with Gasteiger partial charge in [0.15, 0.2) is 0 Å². The molecule has 1 aromatic carbocycles. The van der Waals surface area contributed by atoms with Gasteiger partial charge in [-0.1, -0.05) is 46.3 Å². The molecule has 0 spiro atoms. The molecule has 3 heteroatoms. The van der Waals surface area contributed by atoms with E-state index >= 15 is 0 Å². The van der Waals surface area contributed by atoms with Crippen LogP contribution in [-0.4, -0.2) is 16.9 Å². The lowest BCUT2D eigenvalue weighted by Gasteiger charge is -2.20. The third-order valence-corrected chi connectivity index (χ3v) is 2.68. The Morgan fingerprint density at radius 3 is 2.53 bits per heavy atom. The highest BCUT2D eigenvalue weighted by Crippen LogP contribution is 2.24. The summed E-state index contributed by atoms with van der Waals surface area (Å²) in [7, 11) is 0. The van der Waals surface area contributed by atoms with Crippen molar-refractivity contribution in [3.05, 3.63) is 35.9 Å². The summed E-state index contributed by atoms with van der Waals surface area (Å²) in [5.74, 6) is -0.214. The first-order chi connectivity index (χ1) is 7.06. The van der Waals surface area contributed by atoms with Gasteiger partial charge in [-0.2, -0.15) is 0 Å². The molecule has 82 valence electrons. The minimum Gasteiger partial charge on any atom is -0.465 e. The highest BCUT2D eigenvalue weighted by Gasteiger charge is 2.31. The molecular weight excluding hydrogens is 256 g/mol. The van der Waals surface area contributed by atoms with Crippen LogP contribution in [0.3, 0.4) is 0 Å². The van der Waals surface area contributed by atoms with Crippen LogP contribution in [0.1, 0.15) is 19.4 Å². The molecule has 0 heterocycles. The summed E-state index contributed by atoms with van der Waals surface area (Å²) in [6.45, 7) is 4.05. The Bertz CT molecular complexity index is 320. The van der Waals surface area contributed by atoms with Crippen LogP contribution in [0.25, 0.3) is 0 Å². The zero-order chi connectivity index (χ0) is 11.3. The van der Waals surface area contributed by atoms with Gasteiger partial charge in [-0.25, -0.2) is 0 Å². The van der Waals surface area contributed by atoms with E-state index in [1.54, 1.807) is 0 Å². The predicted octanol–water partition coefficient (Wildman–Crippen LogP) is 2.95. The maximum atomic E-state index is 11.6. The summed E-state index contributed by atoms with van der Waals surface area (Å²) < 4.78 is 4.36. The van der Waals surface area contributed by atoms with Crippen LogP contribution in [0.15, 0.2) is 30.3 Å². The molecule has 0 fully saturated rings. The zero-order valence-electron chi connectivity index (χ0n) is 9.00. The molecule has 0 aliphatic heterocycles. The van der Waals surface area contributed by atoms with E-state index < -0.39 is 4.32 Å². The number of ether oxygens (including phenoxy) is 1. The summed E-state index contributed by atoms with van der Waals surface area (Å²) >= 11 is 3.41. The van der Waals surface area contributed by atoms with Crippen molar-refractivity contribution < 1.29 is 9.53 Å². The SMILES string of the molecule is CCOC(=O)C(C)(Br)Cc1ccccc1. The molecule has 1 aromatic rings. The second-order valence-corrected chi connectivity index (χ2v) is 5.33. The summed E-state index contributed by atoms with van der Waals surface area (Å²) in [5.41, 5.74) is 1.12. The van der Waals surface area contributed by atoms with Crippen LogP contribution < -0.4 is 0 Å². The maximum Gasteiger partial charge on any atom is 0.322 e. The summed E-state index contributed by atoms with van der Waals surface area (Å²) in [5, 5.41) is 0. The lowest BCUT2D eigenvalue weighted by atomic mass is 10.0. The van der Waals surface area contributed by atoms with Crippen LogP contribution in [0.2, 0.25) is 0 Å². The molecule has 1 atom stereocenters.